The molecule has 0 aliphatic rings. The van der Waals surface area contributed by atoms with Crippen molar-refractivity contribution in [3.8, 4) is 11.8 Å². The molecule has 0 saturated carbocycles. The second-order valence-corrected chi connectivity index (χ2v) is 4.30. The van der Waals surface area contributed by atoms with Gasteiger partial charge in [0.25, 0.3) is 0 Å². The molecule has 0 spiro atoms. The Balaban J connectivity index is 3.71. The molecule has 12 heavy (non-hydrogen) atoms. The van der Waals surface area contributed by atoms with E-state index in [1.807, 2.05) is 0 Å². The second-order valence-electron chi connectivity index (χ2n) is 4.30. The molecule has 2 N–H and O–H groups in total. The number of hydrogen-bond donors (Lipinski definition) is 1. The van der Waals surface area contributed by atoms with Gasteiger partial charge in [-0.1, -0.05) is 19.3 Å². The lowest BCUT2D eigenvalue weighted by Crippen LogP contribution is -2.18. The van der Waals surface area contributed by atoms with Crippen LogP contribution in [0.1, 0.15) is 47.0 Å². The summed E-state index contributed by atoms with van der Waals surface area (Å²) >= 11 is 0. The number of rotatable bonds is 3. The summed E-state index contributed by atoms with van der Waals surface area (Å²) in [6.45, 7) is 8.50. The fraction of sp³-hybridized carbons (Fsp3) is 0.818. The topological polar surface area (TPSA) is 26.0 Å². The molecule has 0 bridgehead atoms. The summed E-state index contributed by atoms with van der Waals surface area (Å²) < 4.78 is 0. The molecule has 1 atom stereocenters. The zero-order chi connectivity index (χ0) is 9.61. The molecule has 1 nitrogen and oxygen atoms in total. The van der Waals surface area contributed by atoms with Crippen LogP contribution in [0.3, 0.4) is 0 Å². The molecular formula is C11H21N. The molecule has 0 amide bonds. The van der Waals surface area contributed by atoms with E-state index in [4.69, 9.17) is 5.73 Å². The van der Waals surface area contributed by atoms with Gasteiger partial charge < -0.3 is 5.73 Å². The summed E-state index contributed by atoms with van der Waals surface area (Å²) in [4.78, 5) is 0. The highest BCUT2D eigenvalue weighted by molar-refractivity contribution is 5.08. The zero-order valence-electron chi connectivity index (χ0n) is 8.78. The Kier molecular flexibility index (Phi) is 5.01. The van der Waals surface area contributed by atoms with E-state index in [1.54, 1.807) is 0 Å². The van der Waals surface area contributed by atoms with Gasteiger partial charge in [-0.15, -0.1) is 5.92 Å². The van der Waals surface area contributed by atoms with Crippen molar-refractivity contribution in [2.45, 2.75) is 53.0 Å². The van der Waals surface area contributed by atoms with Crippen molar-refractivity contribution < 1.29 is 0 Å². The predicted octanol–water partition coefficient (Wildman–Crippen LogP) is 2.55. The van der Waals surface area contributed by atoms with Gasteiger partial charge in [0.15, 0.2) is 0 Å². The first-order chi connectivity index (χ1) is 5.45. The molecule has 0 aromatic carbocycles. The van der Waals surface area contributed by atoms with Crippen molar-refractivity contribution in [3.05, 3.63) is 0 Å². The Morgan fingerprint density at radius 2 is 1.92 bits per heavy atom. The fourth-order valence-electron chi connectivity index (χ4n) is 0.920. The van der Waals surface area contributed by atoms with Gasteiger partial charge in [0, 0.05) is 17.9 Å². The van der Waals surface area contributed by atoms with Gasteiger partial charge in [-0.2, -0.15) is 0 Å². The molecular weight excluding hydrogens is 146 g/mol. The average molecular weight is 167 g/mol. The molecule has 0 aromatic heterocycles. The van der Waals surface area contributed by atoms with E-state index in [1.165, 1.54) is 0 Å². The van der Waals surface area contributed by atoms with Crippen LogP contribution in [-0.2, 0) is 0 Å². The molecule has 0 rings (SSSR count). The van der Waals surface area contributed by atoms with Gasteiger partial charge in [-0.25, -0.2) is 0 Å². The first-order valence-electron chi connectivity index (χ1n) is 4.71. The minimum atomic E-state index is 0.117. The molecule has 0 aliphatic heterocycles. The summed E-state index contributed by atoms with van der Waals surface area (Å²) in [5.41, 5.74) is 5.93. The monoisotopic (exact) mass is 167 g/mol. The summed E-state index contributed by atoms with van der Waals surface area (Å²) in [7, 11) is 0. The quantitative estimate of drug-likeness (QED) is 0.642. The summed E-state index contributed by atoms with van der Waals surface area (Å²) in [6.07, 6.45) is 3.07. The highest BCUT2D eigenvalue weighted by Crippen LogP contribution is 2.10. The van der Waals surface area contributed by atoms with Crippen molar-refractivity contribution in [3.63, 3.8) is 0 Å². The van der Waals surface area contributed by atoms with E-state index >= 15 is 0 Å². The summed E-state index contributed by atoms with van der Waals surface area (Å²) in [5.74, 6) is 6.32. The molecule has 0 aromatic rings. The lowest BCUT2D eigenvalue weighted by Gasteiger charge is -2.08. The van der Waals surface area contributed by atoms with Gasteiger partial charge in [-0.05, 0) is 27.2 Å². The molecule has 0 radical (unpaired) electrons. The maximum atomic E-state index is 5.81. The van der Waals surface area contributed by atoms with Crippen LogP contribution in [0, 0.1) is 17.3 Å². The van der Waals surface area contributed by atoms with Crippen LogP contribution < -0.4 is 5.73 Å². The maximum absolute atomic E-state index is 5.81. The normalized spacial score (nSPS) is 13.4. The third-order valence-corrected chi connectivity index (χ3v) is 1.49. The molecule has 1 unspecified atom stereocenters. The van der Waals surface area contributed by atoms with E-state index in [2.05, 4.69) is 39.5 Å². The zero-order valence-corrected chi connectivity index (χ0v) is 8.78. The first kappa shape index (κ1) is 11.5. The molecule has 1 heteroatoms. The van der Waals surface area contributed by atoms with Gasteiger partial charge in [0.1, 0.15) is 0 Å². The van der Waals surface area contributed by atoms with Crippen LogP contribution in [-0.4, -0.2) is 6.04 Å². The molecule has 0 aliphatic carbocycles. The van der Waals surface area contributed by atoms with E-state index in [0.29, 0.717) is 0 Å². The highest BCUT2D eigenvalue weighted by Gasteiger charge is 2.03. The lowest BCUT2D eigenvalue weighted by atomic mass is 9.97. The van der Waals surface area contributed by atoms with Crippen molar-refractivity contribution in [2.75, 3.05) is 0 Å². The Morgan fingerprint density at radius 3 is 2.33 bits per heavy atom. The highest BCUT2D eigenvalue weighted by atomic mass is 14.6. The summed E-state index contributed by atoms with van der Waals surface area (Å²) in [5, 5.41) is 0. The average Bonchev–Trinajstić information content (AvgIpc) is 1.84. The van der Waals surface area contributed by atoms with Crippen LogP contribution in [0.15, 0.2) is 0 Å². The van der Waals surface area contributed by atoms with Crippen molar-refractivity contribution in [2.24, 2.45) is 11.1 Å². The lowest BCUT2D eigenvalue weighted by molar-refractivity contribution is 0.567. The SMILES string of the molecule is CCCC(N)CC#CC(C)(C)C. The van der Waals surface area contributed by atoms with Gasteiger partial charge in [0.05, 0.1) is 0 Å². The van der Waals surface area contributed by atoms with E-state index in [9.17, 15) is 0 Å². The van der Waals surface area contributed by atoms with Crippen LogP contribution in [0.2, 0.25) is 0 Å². The largest absolute Gasteiger partial charge is 0.327 e. The van der Waals surface area contributed by atoms with Crippen LogP contribution in [0.4, 0.5) is 0 Å². The number of nitrogens with two attached hydrogens (primary N) is 1. The maximum Gasteiger partial charge on any atom is 0.0241 e. The van der Waals surface area contributed by atoms with Crippen LogP contribution in [0.25, 0.3) is 0 Å². The minimum Gasteiger partial charge on any atom is -0.327 e. The fourth-order valence-corrected chi connectivity index (χ4v) is 0.920. The number of hydrogen-bond acceptors (Lipinski definition) is 1. The molecule has 0 saturated heterocycles. The van der Waals surface area contributed by atoms with Crippen molar-refractivity contribution >= 4 is 0 Å². The first-order valence-corrected chi connectivity index (χ1v) is 4.71. The third kappa shape index (κ3) is 7.63. The second kappa shape index (κ2) is 5.22. The van der Waals surface area contributed by atoms with Crippen molar-refractivity contribution in [1.82, 2.24) is 0 Å². The van der Waals surface area contributed by atoms with Crippen molar-refractivity contribution in [1.29, 1.82) is 0 Å². The molecule has 0 fully saturated rings. The van der Waals surface area contributed by atoms with Crippen LogP contribution >= 0.6 is 0 Å². The Hall–Kier alpha value is -0.480. The molecule has 0 heterocycles. The minimum absolute atomic E-state index is 0.117. The van der Waals surface area contributed by atoms with E-state index in [0.717, 1.165) is 19.3 Å². The molecule has 70 valence electrons. The third-order valence-electron chi connectivity index (χ3n) is 1.49. The van der Waals surface area contributed by atoms with Crippen LogP contribution in [0.5, 0.6) is 0 Å². The standard InChI is InChI=1S/C11H21N/c1-5-7-10(12)8-6-9-11(2,3)4/h10H,5,7-8,12H2,1-4H3. The van der Waals surface area contributed by atoms with Gasteiger partial charge >= 0.3 is 0 Å². The van der Waals surface area contributed by atoms with E-state index in [-0.39, 0.29) is 11.5 Å². The Bertz CT molecular complexity index is 166. The Morgan fingerprint density at radius 1 is 1.33 bits per heavy atom. The van der Waals surface area contributed by atoms with Gasteiger partial charge in [0.2, 0.25) is 0 Å². The smallest absolute Gasteiger partial charge is 0.0241 e. The summed E-state index contributed by atoms with van der Waals surface area (Å²) in [6, 6.07) is 0.268. The Labute approximate surface area is 76.7 Å². The predicted molar refractivity (Wildman–Crippen MR) is 54.7 cm³/mol. The van der Waals surface area contributed by atoms with Gasteiger partial charge in [-0.3, -0.25) is 0 Å². The van der Waals surface area contributed by atoms with E-state index < -0.39 is 0 Å².